The Morgan fingerprint density at radius 2 is 1.76 bits per heavy atom. The van der Waals surface area contributed by atoms with E-state index in [2.05, 4.69) is 10.6 Å². The number of carbonyl (C=O) groups excluding carboxylic acids is 2. The highest BCUT2D eigenvalue weighted by Gasteiger charge is 2.21. The van der Waals surface area contributed by atoms with Crippen molar-refractivity contribution in [3.8, 4) is 0 Å². The number of amides is 2. The van der Waals surface area contributed by atoms with Crippen LogP contribution in [0.1, 0.15) is 26.7 Å². The van der Waals surface area contributed by atoms with Crippen LogP contribution >= 0.6 is 0 Å². The fourth-order valence-corrected chi connectivity index (χ4v) is 2.17. The lowest BCUT2D eigenvalue weighted by Gasteiger charge is -2.21. The van der Waals surface area contributed by atoms with Crippen molar-refractivity contribution in [1.29, 1.82) is 0 Å². The second-order valence-corrected chi connectivity index (χ2v) is 5.60. The zero-order valence-electron chi connectivity index (χ0n) is 12.5. The van der Waals surface area contributed by atoms with Crippen molar-refractivity contribution < 1.29 is 14.3 Å². The van der Waals surface area contributed by atoms with Gasteiger partial charge in [-0.25, -0.2) is 0 Å². The Labute approximate surface area is 125 Å². The lowest BCUT2D eigenvalue weighted by Crippen LogP contribution is -2.28. The van der Waals surface area contributed by atoms with Gasteiger partial charge in [0.15, 0.2) is 0 Å². The molecule has 1 saturated heterocycles. The maximum absolute atomic E-state index is 12.2. The molecule has 1 aliphatic heterocycles. The maximum Gasteiger partial charge on any atom is 0.227 e. The van der Waals surface area contributed by atoms with Crippen molar-refractivity contribution in [2.45, 2.75) is 26.7 Å². The van der Waals surface area contributed by atoms with E-state index in [4.69, 9.17) is 4.74 Å². The molecule has 5 nitrogen and oxygen atoms in total. The average Bonchev–Trinajstić information content (AvgIpc) is 2.48. The van der Waals surface area contributed by atoms with Crippen LogP contribution in [0.4, 0.5) is 11.4 Å². The summed E-state index contributed by atoms with van der Waals surface area (Å²) in [5, 5.41) is 5.73. The fraction of sp³-hybridized carbons (Fsp3) is 0.500. The first-order valence-electron chi connectivity index (χ1n) is 7.36. The SMILES string of the molecule is CC(C)C(=O)Nc1cccc(NC(=O)C2CCOCC2)c1. The number of benzene rings is 1. The van der Waals surface area contributed by atoms with Gasteiger partial charge >= 0.3 is 0 Å². The molecule has 1 fully saturated rings. The van der Waals surface area contributed by atoms with Crippen molar-refractivity contribution >= 4 is 23.2 Å². The Hall–Kier alpha value is -1.88. The van der Waals surface area contributed by atoms with Crippen LogP contribution in [-0.4, -0.2) is 25.0 Å². The number of hydrogen-bond acceptors (Lipinski definition) is 3. The number of carbonyl (C=O) groups is 2. The number of rotatable bonds is 4. The van der Waals surface area contributed by atoms with Crippen LogP contribution in [0.5, 0.6) is 0 Å². The van der Waals surface area contributed by atoms with Crippen molar-refractivity contribution in [1.82, 2.24) is 0 Å². The molecule has 1 aromatic rings. The summed E-state index contributed by atoms with van der Waals surface area (Å²) in [5.41, 5.74) is 1.39. The Bertz CT molecular complexity index is 508. The van der Waals surface area contributed by atoms with E-state index in [1.165, 1.54) is 0 Å². The monoisotopic (exact) mass is 290 g/mol. The highest BCUT2D eigenvalue weighted by Crippen LogP contribution is 2.20. The van der Waals surface area contributed by atoms with Crippen LogP contribution in [0.3, 0.4) is 0 Å². The summed E-state index contributed by atoms with van der Waals surface area (Å²) in [5.74, 6) is -0.0910. The van der Waals surface area contributed by atoms with E-state index in [1.54, 1.807) is 6.07 Å². The van der Waals surface area contributed by atoms with E-state index in [-0.39, 0.29) is 23.7 Å². The third-order valence-electron chi connectivity index (χ3n) is 3.51. The Morgan fingerprint density at radius 1 is 1.14 bits per heavy atom. The molecule has 0 atom stereocenters. The van der Waals surface area contributed by atoms with Gasteiger partial charge in [-0.15, -0.1) is 0 Å². The van der Waals surface area contributed by atoms with Crippen molar-refractivity contribution in [2.24, 2.45) is 11.8 Å². The van der Waals surface area contributed by atoms with Gasteiger partial charge in [0.1, 0.15) is 0 Å². The Morgan fingerprint density at radius 3 is 2.38 bits per heavy atom. The van der Waals surface area contributed by atoms with E-state index in [0.29, 0.717) is 24.6 Å². The van der Waals surface area contributed by atoms with Gasteiger partial charge < -0.3 is 15.4 Å². The van der Waals surface area contributed by atoms with E-state index in [9.17, 15) is 9.59 Å². The standard InChI is InChI=1S/C16H22N2O3/c1-11(2)15(19)17-13-4-3-5-14(10-13)18-16(20)12-6-8-21-9-7-12/h3-5,10-12H,6-9H2,1-2H3,(H,17,19)(H,18,20). The minimum atomic E-state index is -0.0783. The topological polar surface area (TPSA) is 67.4 Å². The summed E-state index contributed by atoms with van der Waals surface area (Å²) in [6.07, 6.45) is 1.52. The smallest absolute Gasteiger partial charge is 0.227 e. The molecule has 1 aliphatic rings. The Kier molecular flexibility index (Phi) is 5.33. The predicted molar refractivity (Wildman–Crippen MR) is 82.1 cm³/mol. The molecular weight excluding hydrogens is 268 g/mol. The molecule has 0 saturated carbocycles. The molecule has 114 valence electrons. The highest BCUT2D eigenvalue weighted by molar-refractivity contribution is 5.95. The molecule has 0 aromatic heterocycles. The van der Waals surface area contributed by atoms with Crippen molar-refractivity contribution in [3.05, 3.63) is 24.3 Å². The third-order valence-corrected chi connectivity index (χ3v) is 3.51. The highest BCUT2D eigenvalue weighted by atomic mass is 16.5. The maximum atomic E-state index is 12.2. The van der Waals surface area contributed by atoms with Crippen LogP contribution in [0, 0.1) is 11.8 Å². The third kappa shape index (κ3) is 4.56. The van der Waals surface area contributed by atoms with Crippen LogP contribution in [-0.2, 0) is 14.3 Å². The van der Waals surface area contributed by atoms with Gasteiger partial charge in [-0.1, -0.05) is 19.9 Å². The lowest BCUT2D eigenvalue weighted by atomic mass is 9.99. The van der Waals surface area contributed by atoms with E-state index in [1.807, 2.05) is 32.0 Å². The van der Waals surface area contributed by atoms with Gasteiger partial charge in [-0.2, -0.15) is 0 Å². The van der Waals surface area contributed by atoms with E-state index < -0.39 is 0 Å². The summed E-state index contributed by atoms with van der Waals surface area (Å²) < 4.78 is 5.26. The van der Waals surface area contributed by atoms with Gasteiger partial charge in [0.05, 0.1) is 0 Å². The second kappa shape index (κ2) is 7.22. The summed E-state index contributed by atoms with van der Waals surface area (Å²) >= 11 is 0. The zero-order valence-corrected chi connectivity index (χ0v) is 12.5. The molecule has 2 N–H and O–H groups in total. The minimum Gasteiger partial charge on any atom is -0.381 e. The summed E-state index contributed by atoms with van der Waals surface area (Å²) in [4.78, 5) is 23.8. The molecule has 21 heavy (non-hydrogen) atoms. The average molecular weight is 290 g/mol. The zero-order chi connectivity index (χ0) is 15.2. The first kappa shape index (κ1) is 15.5. The number of anilines is 2. The van der Waals surface area contributed by atoms with Gasteiger partial charge in [0.25, 0.3) is 0 Å². The van der Waals surface area contributed by atoms with Gasteiger partial charge in [0.2, 0.25) is 11.8 Å². The molecule has 1 heterocycles. The molecule has 0 spiro atoms. The van der Waals surface area contributed by atoms with Gasteiger partial charge in [0, 0.05) is 36.4 Å². The molecular formula is C16H22N2O3. The summed E-state index contributed by atoms with van der Waals surface area (Å²) in [7, 11) is 0. The second-order valence-electron chi connectivity index (χ2n) is 5.60. The first-order chi connectivity index (χ1) is 10.1. The Balaban J connectivity index is 1.97. The normalized spacial score (nSPS) is 15.8. The van der Waals surface area contributed by atoms with Crippen LogP contribution < -0.4 is 10.6 Å². The largest absolute Gasteiger partial charge is 0.381 e. The van der Waals surface area contributed by atoms with Crippen LogP contribution in [0.15, 0.2) is 24.3 Å². The molecule has 0 bridgehead atoms. The van der Waals surface area contributed by atoms with Crippen LogP contribution in [0.25, 0.3) is 0 Å². The van der Waals surface area contributed by atoms with Crippen molar-refractivity contribution in [3.63, 3.8) is 0 Å². The van der Waals surface area contributed by atoms with E-state index >= 15 is 0 Å². The number of ether oxygens (including phenoxy) is 1. The van der Waals surface area contributed by atoms with Gasteiger partial charge in [-0.05, 0) is 31.0 Å². The fourth-order valence-electron chi connectivity index (χ4n) is 2.17. The summed E-state index contributed by atoms with van der Waals surface area (Å²) in [6.45, 7) is 4.96. The molecule has 0 aliphatic carbocycles. The molecule has 0 radical (unpaired) electrons. The molecule has 2 amide bonds. The number of nitrogens with one attached hydrogen (secondary N) is 2. The molecule has 2 rings (SSSR count). The van der Waals surface area contributed by atoms with Crippen LogP contribution in [0.2, 0.25) is 0 Å². The minimum absolute atomic E-state index is 0.00709. The first-order valence-corrected chi connectivity index (χ1v) is 7.36. The molecule has 5 heteroatoms. The molecule has 1 aromatic carbocycles. The lowest BCUT2D eigenvalue weighted by molar-refractivity contribution is -0.122. The van der Waals surface area contributed by atoms with Crippen molar-refractivity contribution in [2.75, 3.05) is 23.8 Å². The molecule has 0 unspecified atom stereocenters. The van der Waals surface area contributed by atoms with E-state index in [0.717, 1.165) is 12.8 Å². The van der Waals surface area contributed by atoms with Gasteiger partial charge in [-0.3, -0.25) is 9.59 Å². The summed E-state index contributed by atoms with van der Waals surface area (Å²) in [6, 6.07) is 7.22. The quantitative estimate of drug-likeness (QED) is 0.895. The number of hydrogen-bond donors (Lipinski definition) is 2. The predicted octanol–water partition coefficient (Wildman–Crippen LogP) is 2.65.